The van der Waals surface area contributed by atoms with Crippen LogP contribution in [0.25, 0.3) is 0 Å². The monoisotopic (exact) mass is 198 g/mol. The highest BCUT2D eigenvalue weighted by molar-refractivity contribution is 6.04. The van der Waals surface area contributed by atoms with Crippen LogP contribution in [-0.4, -0.2) is 44.1 Å². The van der Waals surface area contributed by atoms with Gasteiger partial charge in [-0.25, -0.2) is 4.79 Å². The second-order valence-electron chi connectivity index (χ2n) is 4.18. The zero-order valence-electron chi connectivity index (χ0n) is 9.25. The summed E-state index contributed by atoms with van der Waals surface area (Å²) < 4.78 is 5.02. The number of nitrogens with one attached hydrogen (secondary N) is 1. The molecular weight excluding hydrogens is 179 g/mol. The van der Waals surface area contributed by atoms with Gasteiger partial charge in [0, 0.05) is 6.04 Å². The Morgan fingerprint density at radius 1 is 1.50 bits per heavy atom. The van der Waals surface area contributed by atoms with E-state index in [1.807, 2.05) is 13.8 Å². The molecule has 0 spiro atoms. The first kappa shape index (κ1) is 11.4. The van der Waals surface area contributed by atoms with Gasteiger partial charge in [-0.15, -0.1) is 0 Å². The quantitative estimate of drug-likeness (QED) is 0.641. The van der Waals surface area contributed by atoms with Crippen LogP contribution >= 0.6 is 0 Å². The zero-order valence-corrected chi connectivity index (χ0v) is 9.25. The standard InChI is InChI=1S/C9H19BN2O2/c1-7(2)14-9(13)11-8-3-5-12(10)6-4-8/h7-8H,3-6,10H2,1-2H3,(H,11,13). The summed E-state index contributed by atoms with van der Waals surface area (Å²) in [5, 5.41) is 2.88. The summed E-state index contributed by atoms with van der Waals surface area (Å²) in [6.07, 6.45) is 1.71. The predicted molar refractivity (Wildman–Crippen MR) is 57.9 cm³/mol. The van der Waals surface area contributed by atoms with E-state index >= 15 is 0 Å². The molecule has 1 saturated heterocycles. The Labute approximate surface area is 86.4 Å². The molecule has 0 aliphatic carbocycles. The van der Waals surface area contributed by atoms with Gasteiger partial charge in [0.2, 0.25) is 0 Å². The van der Waals surface area contributed by atoms with Crippen LogP contribution in [0, 0.1) is 0 Å². The molecule has 1 aliphatic rings. The van der Waals surface area contributed by atoms with E-state index in [2.05, 4.69) is 18.1 Å². The minimum Gasteiger partial charge on any atom is -0.447 e. The molecule has 1 heterocycles. The number of amides is 1. The third-order valence-corrected chi connectivity index (χ3v) is 2.38. The van der Waals surface area contributed by atoms with Crippen LogP contribution in [0.2, 0.25) is 0 Å². The van der Waals surface area contributed by atoms with Gasteiger partial charge >= 0.3 is 6.09 Å². The summed E-state index contributed by atoms with van der Waals surface area (Å²) in [5.41, 5.74) is 0. The molecule has 0 radical (unpaired) electrons. The number of carbonyl (C=O) groups excluding carboxylic acids is 1. The van der Waals surface area contributed by atoms with Crippen LogP contribution in [0.15, 0.2) is 0 Å². The number of hydrogen-bond acceptors (Lipinski definition) is 3. The van der Waals surface area contributed by atoms with Crippen LogP contribution in [0.5, 0.6) is 0 Å². The average Bonchev–Trinajstić information content (AvgIpc) is 2.07. The van der Waals surface area contributed by atoms with Gasteiger partial charge in [-0.2, -0.15) is 0 Å². The van der Waals surface area contributed by atoms with E-state index in [4.69, 9.17) is 4.74 Å². The molecule has 0 unspecified atom stereocenters. The van der Waals surface area contributed by atoms with Gasteiger partial charge in [0.15, 0.2) is 7.98 Å². The van der Waals surface area contributed by atoms with Crippen molar-refractivity contribution in [2.24, 2.45) is 0 Å². The number of piperidine rings is 1. The molecule has 0 bridgehead atoms. The Bertz CT molecular complexity index is 191. The third-order valence-electron chi connectivity index (χ3n) is 2.38. The van der Waals surface area contributed by atoms with Crippen molar-refractivity contribution in [3.63, 3.8) is 0 Å². The fourth-order valence-corrected chi connectivity index (χ4v) is 1.57. The van der Waals surface area contributed by atoms with Crippen molar-refractivity contribution in [3.05, 3.63) is 0 Å². The van der Waals surface area contributed by atoms with Crippen molar-refractivity contribution in [2.75, 3.05) is 13.1 Å². The van der Waals surface area contributed by atoms with Gasteiger partial charge in [0.05, 0.1) is 6.10 Å². The topological polar surface area (TPSA) is 41.6 Å². The number of rotatable bonds is 2. The Morgan fingerprint density at radius 3 is 2.57 bits per heavy atom. The van der Waals surface area contributed by atoms with Crippen molar-refractivity contribution in [1.29, 1.82) is 0 Å². The molecule has 0 saturated carbocycles. The molecule has 0 atom stereocenters. The molecule has 1 fully saturated rings. The highest BCUT2D eigenvalue weighted by Crippen LogP contribution is 2.07. The molecule has 1 amide bonds. The van der Waals surface area contributed by atoms with E-state index in [9.17, 15) is 4.79 Å². The van der Waals surface area contributed by atoms with Crippen molar-refractivity contribution in [3.8, 4) is 0 Å². The lowest BCUT2D eigenvalue weighted by Gasteiger charge is -2.29. The van der Waals surface area contributed by atoms with Crippen LogP contribution in [0.1, 0.15) is 26.7 Å². The number of carbonyl (C=O) groups is 1. The van der Waals surface area contributed by atoms with E-state index in [1.165, 1.54) is 0 Å². The lowest BCUT2D eigenvalue weighted by molar-refractivity contribution is 0.109. The molecule has 14 heavy (non-hydrogen) atoms. The molecule has 1 rings (SSSR count). The average molecular weight is 198 g/mol. The van der Waals surface area contributed by atoms with Gasteiger partial charge in [0.1, 0.15) is 0 Å². The maximum absolute atomic E-state index is 11.3. The lowest BCUT2D eigenvalue weighted by atomic mass is 10.0. The molecule has 1 aliphatic heterocycles. The van der Waals surface area contributed by atoms with Gasteiger partial charge in [-0.05, 0) is 39.8 Å². The molecule has 80 valence electrons. The summed E-state index contributed by atoms with van der Waals surface area (Å²) in [7, 11) is 2.10. The molecule has 0 aromatic heterocycles. The number of alkyl carbamates (subject to hydrolysis) is 1. The number of nitrogens with zero attached hydrogens (tertiary/aromatic N) is 1. The van der Waals surface area contributed by atoms with Crippen LogP contribution in [0.4, 0.5) is 4.79 Å². The highest BCUT2D eigenvalue weighted by atomic mass is 16.6. The minimum absolute atomic E-state index is 0.0405. The molecule has 1 N–H and O–H groups in total. The fraction of sp³-hybridized carbons (Fsp3) is 0.889. The van der Waals surface area contributed by atoms with Crippen molar-refractivity contribution < 1.29 is 9.53 Å². The molecule has 5 heteroatoms. The first-order valence-corrected chi connectivity index (χ1v) is 5.23. The second kappa shape index (κ2) is 5.24. The summed E-state index contributed by atoms with van der Waals surface area (Å²) in [6, 6.07) is 0.289. The van der Waals surface area contributed by atoms with Crippen molar-refractivity contribution in [2.45, 2.75) is 38.8 Å². The SMILES string of the molecule is BN1CCC(NC(=O)OC(C)C)CC1. The smallest absolute Gasteiger partial charge is 0.407 e. The third kappa shape index (κ3) is 4.00. The zero-order chi connectivity index (χ0) is 10.6. The van der Waals surface area contributed by atoms with E-state index in [1.54, 1.807) is 0 Å². The van der Waals surface area contributed by atoms with Gasteiger partial charge in [-0.1, -0.05) is 0 Å². The summed E-state index contributed by atoms with van der Waals surface area (Å²) in [4.78, 5) is 13.5. The normalized spacial score (nSPS) is 19.6. The Hall–Kier alpha value is -0.705. The number of ether oxygens (including phenoxy) is 1. The highest BCUT2D eigenvalue weighted by Gasteiger charge is 2.18. The van der Waals surface area contributed by atoms with E-state index in [0.717, 1.165) is 25.9 Å². The number of hydrogen-bond donors (Lipinski definition) is 1. The van der Waals surface area contributed by atoms with Gasteiger partial charge in [-0.3, -0.25) is 0 Å². The van der Waals surface area contributed by atoms with Crippen LogP contribution in [0.3, 0.4) is 0 Å². The molecule has 0 aromatic carbocycles. The first-order valence-electron chi connectivity index (χ1n) is 5.23. The van der Waals surface area contributed by atoms with Crippen LogP contribution < -0.4 is 5.32 Å². The van der Waals surface area contributed by atoms with Gasteiger partial charge in [0.25, 0.3) is 0 Å². The summed E-state index contributed by atoms with van der Waals surface area (Å²) >= 11 is 0. The summed E-state index contributed by atoms with van der Waals surface area (Å²) in [6.45, 7) is 5.81. The Kier molecular flexibility index (Phi) is 4.26. The minimum atomic E-state index is -0.283. The Balaban J connectivity index is 2.20. The van der Waals surface area contributed by atoms with Gasteiger partial charge < -0.3 is 14.9 Å². The molecule has 0 aromatic rings. The van der Waals surface area contributed by atoms with Crippen molar-refractivity contribution in [1.82, 2.24) is 10.1 Å². The second-order valence-corrected chi connectivity index (χ2v) is 4.18. The van der Waals surface area contributed by atoms with Crippen molar-refractivity contribution >= 4 is 14.1 Å². The molecule has 4 nitrogen and oxygen atoms in total. The maximum atomic E-state index is 11.3. The van der Waals surface area contributed by atoms with E-state index in [0.29, 0.717) is 0 Å². The fourth-order valence-electron chi connectivity index (χ4n) is 1.57. The van der Waals surface area contributed by atoms with E-state index < -0.39 is 0 Å². The summed E-state index contributed by atoms with van der Waals surface area (Å²) in [5.74, 6) is 0. The maximum Gasteiger partial charge on any atom is 0.407 e. The largest absolute Gasteiger partial charge is 0.447 e. The molecular formula is C9H19BN2O2. The predicted octanol–water partition coefficient (Wildman–Crippen LogP) is 0.133. The first-order chi connectivity index (χ1) is 6.58. The Morgan fingerprint density at radius 2 is 2.07 bits per heavy atom. The lowest BCUT2D eigenvalue weighted by Crippen LogP contribution is -2.44. The van der Waals surface area contributed by atoms with E-state index in [-0.39, 0.29) is 18.2 Å². The van der Waals surface area contributed by atoms with Crippen LogP contribution in [-0.2, 0) is 4.74 Å².